The molecule has 0 amide bonds. The van der Waals surface area contributed by atoms with Crippen molar-refractivity contribution in [3.8, 4) is 0 Å². The number of aliphatic imine (C=N–C) groups is 1. The van der Waals surface area contributed by atoms with Crippen LogP contribution in [0.4, 0.5) is 0 Å². The van der Waals surface area contributed by atoms with Crippen molar-refractivity contribution < 1.29 is 9.47 Å². The van der Waals surface area contributed by atoms with Crippen LogP contribution in [0.15, 0.2) is 47.6 Å². The Labute approximate surface area is 191 Å². The van der Waals surface area contributed by atoms with E-state index in [-0.39, 0.29) is 24.0 Å². The summed E-state index contributed by atoms with van der Waals surface area (Å²) in [6, 6.07) is 12.8. The van der Waals surface area contributed by atoms with Gasteiger partial charge in [0.25, 0.3) is 0 Å². The Morgan fingerprint density at radius 1 is 1.24 bits per heavy atom. The van der Waals surface area contributed by atoms with E-state index in [0.29, 0.717) is 12.7 Å². The minimum atomic E-state index is 0. The van der Waals surface area contributed by atoms with Gasteiger partial charge in [-0.2, -0.15) is 0 Å². The van der Waals surface area contributed by atoms with Crippen molar-refractivity contribution in [2.45, 2.75) is 38.6 Å². The molecule has 0 spiro atoms. The van der Waals surface area contributed by atoms with Crippen LogP contribution in [-0.2, 0) is 36.2 Å². The smallest absolute Gasteiger partial charge is 0.194 e. The van der Waals surface area contributed by atoms with Gasteiger partial charge < -0.3 is 24.3 Å². The molecule has 2 heterocycles. The lowest BCUT2D eigenvalue weighted by atomic mass is 10.1. The number of halogens is 1. The van der Waals surface area contributed by atoms with Crippen molar-refractivity contribution in [1.82, 2.24) is 14.8 Å². The van der Waals surface area contributed by atoms with E-state index in [4.69, 9.17) is 9.47 Å². The molecule has 7 heteroatoms. The molecule has 6 nitrogen and oxygen atoms in total. The number of aryl methyl sites for hydroxylation is 1. The Morgan fingerprint density at radius 3 is 2.69 bits per heavy atom. The zero-order chi connectivity index (χ0) is 19.8. The van der Waals surface area contributed by atoms with Crippen LogP contribution >= 0.6 is 24.0 Å². The lowest BCUT2D eigenvalue weighted by molar-refractivity contribution is -0.0390. The highest BCUT2D eigenvalue weighted by atomic mass is 127. The predicted molar refractivity (Wildman–Crippen MR) is 128 cm³/mol. The molecular formula is C22H33IN4O2. The molecule has 29 heavy (non-hydrogen) atoms. The second-order valence-corrected chi connectivity index (χ2v) is 7.31. The Morgan fingerprint density at radius 2 is 2.00 bits per heavy atom. The molecule has 3 rings (SSSR count). The maximum absolute atomic E-state index is 6.04. The first-order valence-electron chi connectivity index (χ1n) is 9.95. The molecule has 1 aliphatic heterocycles. The van der Waals surface area contributed by atoms with Gasteiger partial charge in [0.2, 0.25) is 0 Å². The lowest BCUT2D eigenvalue weighted by Crippen LogP contribution is -2.38. The molecule has 1 aromatic carbocycles. The number of hydrogen-bond acceptors (Lipinski definition) is 3. The fourth-order valence-corrected chi connectivity index (χ4v) is 3.43. The highest BCUT2D eigenvalue weighted by Crippen LogP contribution is 2.14. The van der Waals surface area contributed by atoms with E-state index in [1.807, 2.05) is 7.05 Å². The largest absolute Gasteiger partial charge is 0.381 e. The normalized spacial score (nSPS) is 15.1. The molecule has 1 fully saturated rings. The summed E-state index contributed by atoms with van der Waals surface area (Å²) in [5.74, 6) is 0.880. The van der Waals surface area contributed by atoms with Gasteiger partial charge in [0, 0.05) is 52.8 Å². The first-order chi connectivity index (χ1) is 13.7. The Balaban J connectivity index is 0.00000300. The summed E-state index contributed by atoms with van der Waals surface area (Å²) >= 11 is 0. The maximum Gasteiger partial charge on any atom is 0.194 e. The van der Waals surface area contributed by atoms with Gasteiger partial charge >= 0.3 is 0 Å². The van der Waals surface area contributed by atoms with Crippen molar-refractivity contribution in [2.24, 2.45) is 12.0 Å². The van der Waals surface area contributed by atoms with Crippen molar-refractivity contribution in [3.63, 3.8) is 0 Å². The second kappa shape index (κ2) is 12.2. The third kappa shape index (κ3) is 7.31. The van der Waals surface area contributed by atoms with E-state index in [2.05, 4.69) is 76.5 Å². The molecule has 1 N–H and O–H groups in total. The molecule has 0 atom stereocenters. The van der Waals surface area contributed by atoms with Crippen molar-refractivity contribution in [2.75, 3.05) is 27.3 Å². The number of rotatable bonds is 7. The van der Waals surface area contributed by atoms with E-state index in [1.165, 1.54) is 16.8 Å². The first kappa shape index (κ1) is 23.7. The number of hydrogen-bond donors (Lipinski definition) is 1. The highest BCUT2D eigenvalue weighted by molar-refractivity contribution is 14.0. The van der Waals surface area contributed by atoms with Crippen LogP contribution in [0.1, 0.15) is 29.7 Å². The summed E-state index contributed by atoms with van der Waals surface area (Å²) in [4.78, 5) is 6.55. The Hall–Kier alpha value is -1.58. The summed E-state index contributed by atoms with van der Waals surface area (Å²) < 4.78 is 13.6. The maximum atomic E-state index is 6.04. The van der Waals surface area contributed by atoms with Crippen LogP contribution < -0.4 is 5.32 Å². The number of guanidine groups is 1. The van der Waals surface area contributed by atoms with E-state index < -0.39 is 0 Å². The average Bonchev–Trinajstić information content (AvgIpc) is 3.12. The molecule has 160 valence electrons. The minimum Gasteiger partial charge on any atom is -0.381 e. The van der Waals surface area contributed by atoms with Crippen LogP contribution in [0.3, 0.4) is 0 Å². The number of nitrogens with zero attached hydrogens (tertiary/aromatic N) is 3. The third-order valence-corrected chi connectivity index (χ3v) is 5.12. The second-order valence-electron chi connectivity index (χ2n) is 7.31. The van der Waals surface area contributed by atoms with Crippen molar-refractivity contribution in [1.29, 1.82) is 0 Å². The summed E-state index contributed by atoms with van der Waals surface area (Å²) in [7, 11) is 5.94. The van der Waals surface area contributed by atoms with Gasteiger partial charge in [0.15, 0.2) is 5.96 Å². The van der Waals surface area contributed by atoms with Gasteiger partial charge in [0.05, 0.1) is 19.3 Å². The number of ether oxygens (including phenoxy) is 2. The van der Waals surface area contributed by atoms with Gasteiger partial charge in [-0.05, 0) is 36.1 Å². The van der Waals surface area contributed by atoms with E-state index in [1.54, 1.807) is 0 Å². The average molecular weight is 512 g/mol. The van der Waals surface area contributed by atoms with Gasteiger partial charge in [-0.25, -0.2) is 0 Å². The molecule has 0 aliphatic carbocycles. The predicted octanol–water partition coefficient (Wildman–Crippen LogP) is 3.55. The lowest BCUT2D eigenvalue weighted by Gasteiger charge is -2.23. The standard InChI is InChI=1S/C22H32N4O2.HI/c1-23-22(26(3)16-20-8-5-11-25(20)2)24-15-18-6-4-7-19(14-18)17-28-21-9-12-27-13-10-21;/h4-8,11,14,21H,9-10,12-13,15-17H2,1-3H3,(H,23,24);1H. The summed E-state index contributed by atoms with van der Waals surface area (Å²) in [5, 5.41) is 3.46. The molecule has 1 aromatic heterocycles. The van der Waals surface area contributed by atoms with Gasteiger partial charge in [-0.1, -0.05) is 24.3 Å². The molecule has 0 saturated carbocycles. The number of nitrogens with one attached hydrogen (secondary N) is 1. The molecule has 0 bridgehead atoms. The number of benzene rings is 1. The van der Waals surface area contributed by atoms with Gasteiger partial charge in [0.1, 0.15) is 0 Å². The molecule has 2 aromatic rings. The Bertz CT molecular complexity index is 772. The monoisotopic (exact) mass is 512 g/mol. The zero-order valence-corrected chi connectivity index (χ0v) is 20.0. The van der Waals surface area contributed by atoms with Gasteiger partial charge in [-0.15, -0.1) is 24.0 Å². The molecular weight excluding hydrogens is 479 g/mol. The molecule has 1 saturated heterocycles. The quantitative estimate of drug-likeness (QED) is 0.351. The molecule has 1 aliphatic rings. The van der Waals surface area contributed by atoms with Crippen LogP contribution in [0, 0.1) is 0 Å². The molecule has 0 unspecified atom stereocenters. The van der Waals surface area contributed by atoms with E-state index in [9.17, 15) is 0 Å². The van der Waals surface area contributed by atoms with E-state index in [0.717, 1.165) is 45.1 Å². The van der Waals surface area contributed by atoms with Crippen LogP contribution in [0.2, 0.25) is 0 Å². The van der Waals surface area contributed by atoms with Crippen LogP contribution in [-0.4, -0.2) is 48.8 Å². The van der Waals surface area contributed by atoms with Crippen molar-refractivity contribution >= 4 is 29.9 Å². The zero-order valence-electron chi connectivity index (χ0n) is 17.6. The third-order valence-electron chi connectivity index (χ3n) is 5.12. The molecule has 0 radical (unpaired) electrons. The Kier molecular flexibility index (Phi) is 9.96. The first-order valence-corrected chi connectivity index (χ1v) is 9.95. The van der Waals surface area contributed by atoms with Crippen LogP contribution in [0.5, 0.6) is 0 Å². The highest BCUT2D eigenvalue weighted by Gasteiger charge is 2.14. The summed E-state index contributed by atoms with van der Waals surface area (Å²) in [6.45, 7) is 3.81. The minimum absolute atomic E-state index is 0. The van der Waals surface area contributed by atoms with Crippen molar-refractivity contribution in [3.05, 3.63) is 59.4 Å². The van der Waals surface area contributed by atoms with E-state index >= 15 is 0 Å². The topological polar surface area (TPSA) is 51.0 Å². The van der Waals surface area contributed by atoms with Crippen LogP contribution in [0.25, 0.3) is 0 Å². The summed E-state index contributed by atoms with van der Waals surface area (Å²) in [6.07, 6.45) is 4.36. The summed E-state index contributed by atoms with van der Waals surface area (Å²) in [5.41, 5.74) is 3.68. The SMILES string of the molecule is CN=C(NCc1cccc(COC2CCOCC2)c1)N(C)Cc1cccn1C.I. The number of aromatic nitrogens is 1. The fourth-order valence-electron chi connectivity index (χ4n) is 3.43. The van der Waals surface area contributed by atoms with Gasteiger partial charge in [-0.3, -0.25) is 4.99 Å². The fraction of sp³-hybridized carbons (Fsp3) is 0.500.